The van der Waals surface area contributed by atoms with Gasteiger partial charge in [-0.3, -0.25) is 4.57 Å². The number of hydrogen-bond donors (Lipinski definition) is 0. The molecule has 0 unspecified atom stereocenters. The molecule has 0 aliphatic carbocycles. The predicted molar refractivity (Wildman–Crippen MR) is 214 cm³/mol. The molecule has 0 aliphatic heterocycles. The summed E-state index contributed by atoms with van der Waals surface area (Å²) in [6, 6.07) is 52.8. The van der Waals surface area contributed by atoms with Crippen LogP contribution in [-0.2, 0) is 0 Å². The first-order valence-electron chi connectivity index (χ1n) is 16.8. The Labute approximate surface area is 299 Å². The maximum atomic E-state index is 5.42. The quantitative estimate of drug-likeness (QED) is 0.185. The smallest absolute Gasteiger partial charge is 0.238 e. The van der Waals surface area contributed by atoms with Gasteiger partial charge in [-0.1, -0.05) is 127 Å². The highest BCUT2D eigenvalue weighted by atomic mass is 32.1. The number of pyridine rings is 1. The first-order valence-corrected chi connectivity index (χ1v) is 18.5. The van der Waals surface area contributed by atoms with Crippen LogP contribution in [0.25, 0.3) is 102 Å². The summed E-state index contributed by atoms with van der Waals surface area (Å²) in [6.45, 7) is 0. The van der Waals surface area contributed by atoms with Gasteiger partial charge in [-0.05, 0) is 24.3 Å². The van der Waals surface area contributed by atoms with Gasteiger partial charge in [-0.2, -0.15) is 9.97 Å². The number of hydrogen-bond acceptors (Lipinski definition) is 6. The van der Waals surface area contributed by atoms with Crippen LogP contribution in [0.15, 0.2) is 152 Å². The molecule has 5 aromatic heterocycles. The van der Waals surface area contributed by atoms with Gasteiger partial charge in [0.15, 0.2) is 11.6 Å². The Morgan fingerprint density at radius 2 is 0.902 bits per heavy atom. The lowest BCUT2D eigenvalue weighted by molar-refractivity contribution is 0.953. The highest BCUT2D eigenvalue weighted by Crippen LogP contribution is 2.47. The van der Waals surface area contributed by atoms with E-state index >= 15 is 0 Å². The molecule has 0 radical (unpaired) electrons. The van der Waals surface area contributed by atoms with E-state index in [1.165, 1.54) is 35.0 Å². The van der Waals surface area contributed by atoms with E-state index in [-0.39, 0.29) is 0 Å². The number of benzene rings is 6. The minimum absolute atomic E-state index is 0.586. The van der Waals surface area contributed by atoms with E-state index < -0.39 is 0 Å². The Morgan fingerprint density at radius 1 is 0.392 bits per heavy atom. The molecule has 51 heavy (non-hydrogen) atoms. The summed E-state index contributed by atoms with van der Waals surface area (Å²) in [7, 11) is 0. The van der Waals surface area contributed by atoms with Crippen LogP contribution in [0.4, 0.5) is 0 Å². The number of thiophene rings is 2. The zero-order valence-electron chi connectivity index (χ0n) is 27.0. The number of rotatable bonds is 4. The van der Waals surface area contributed by atoms with Gasteiger partial charge in [0.2, 0.25) is 5.95 Å². The fraction of sp³-hybridized carbons (Fsp3) is 0. The maximum Gasteiger partial charge on any atom is 0.238 e. The third kappa shape index (κ3) is 4.39. The van der Waals surface area contributed by atoms with Crippen molar-refractivity contribution in [3.8, 4) is 40.0 Å². The number of para-hydroxylation sites is 2. The molecule has 5 heterocycles. The molecule has 0 aliphatic rings. The Morgan fingerprint density at radius 3 is 1.59 bits per heavy atom. The summed E-state index contributed by atoms with van der Waals surface area (Å²) in [4.78, 5) is 20.7. The van der Waals surface area contributed by atoms with Crippen molar-refractivity contribution in [3.05, 3.63) is 152 Å². The third-order valence-corrected chi connectivity index (χ3v) is 12.2. The van der Waals surface area contributed by atoms with Gasteiger partial charge in [0, 0.05) is 53.0 Å². The second-order valence-corrected chi connectivity index (χ2v) is 14.7. The SMILES string of the molecule is c1ccc(-c2nc(-c3ccc(-c4nc5c6ccccc6sc5c5sc6ccccc6c45)cc3)nc(-n3c4ccccc4c4ccccc43)n2)cc1. The molecule has 0 saturated heterocycles. The molecule has 0 atom stereocenters. The molecule has 0 bridgehead atoms. The van der Waals surface area contributed by atoms with Crippen LogP contribution >= 0.6 is 22.7 Å². The molecule has 0 fully saturated rings. The highest BCUT2D eigenvalue weighted by Gasteiger charge is 2.21. The molecule has 238 valence electrons. The monoisotopic (exact) mass is 687 g/mol. The van der Waals surface area contributed by atoms with Crippen molar-refractivity contribution in [2.75, 3.05) is 0 Å². The van der Waals surface area contributed by atoms with Gasteiger partial charge in [0.1, 0.15) is 0 Å². The summed E-state index contributed by atoms with van der Waals surface area (Å²) in [5, 5.41) is 5.98. The number of aromatic nitrogens is 5. The lowest BCUT2D eigenvalue weighted by Crippen LogP contribution is -2.06. The van der Waals surface area contributed by atoms with Gasteiger partial charge in [-0.25, -0.2) is 9.97 Å². The van der Waals surface area contributed by atoms with Gasteiger partial charge >= 0.3 is 0 Å². The zero-order chi connectivity index (χ0) is 33.5. The van der Waals surface area contributed by atoms with Gasteiger partial charge in [-0.15, -0.1) is 22.7 Å². The van der Waals surface area contributed by atoms with Crippen molar-refractivity contribution in [2.24, 2.45) is 0 Å². The van der Waals surface area contributed by atoms with Crippen LogP contribution in [0.5, 0.6) is 0 Å². The van der Waals surface area contributed by atoms with Gasteiger partial charge < -0.3 is 0 Å². The van der Waals surface area contributed by atoms with E-state index in [1.807, 2.05) is 53.0 Å². The zero-order valence-corrected chi connectivity index (χ0v) is 28.6. The largest absolute Gasteiger partial charge is 0.278 e. The molecule has 11 rings (SSSR count). The van der Waals surface area contributed by atoms with E-state index in [0.717, 1.165) is 49.7 Å². The van der Waals surface area contributed by atoms with E-state index in [0.29, 0.717) is 17.6 Å². The van der Waals surface area contributed by atoms with Crippen LogP contribution in [-0.4, -0.2) is 24.5 Å². The van der Waals surface area contributed by atoms with E-state index in [4.69, 9.17) is 19.9 Å². The summed E-state index contributed by atoms with van der Waals surface area (Å²) in [5.74, 6) is 1.83. The molecule has 7 heteroatoms. The maximum absolute atomic E-state index is 5.42. The Balaban J connectivity index is 1.12. The minimum atomic E-state index is 0.586. The van der Waals surface area contributed by atoms with Crippen molar-refractivity contribution >= 4 is 85.0 Å². The normalized spacial score (nSPS) is 11.9. The first kappa shape index (κ1) is 28.5. The van der Waals surface area contributed by atoms with Crippen LogP contribution < -0.4 is 0 Å². The van der Waals surface area contributed by atoms with E-state index in [9.17, 15) is 0 Å². The molecule has 6 aromatic carbocycles. The van der Waals surface area contributed by atoms with Crippen molar-refractivity contribution in [1.29, 1.82) is 0 Å². The third-order valence-electron chi connectivity index (χ3n) is 9.68. The van der Waals surface area contributed by atoms with Crippen molar-refractivity contribution in [1.82, 2.24) is 24.5 Å². The highest BCUT2D eigenvalue weighted by molar-refractivity contribution is 7.33. The lowest BCUT2D eigenvalue weighted by Gasteiger charge is -2.11. The molecule has 0 amide bonds. The summed E-state index contributed by atoms with van der Waals surface area (Å²) < 4.78 is 7.23. The van der Waals surface area contributed by atoms with Crippen LogP contribution in [0.1, 0.15) is 0 Å². The topological polar surface area (TPSA) is 56.5 Å². The first-order chi connectivity index (χ1) is 25.3. The van der Waals surface area contributed by atoms with Gasteiger partial charge in [0.05, 0.1) is 31.6 Å². The van der Waals surface area contributed by atoms with E-state index in [1.54, 1.807) is 0 Å². The Kier molecular flexibility index (Phi) is 6.22. The molecular weight excluding hydrogens is 663 g/mol. The fourth-order valence-corrected chi connectivity index (χ4v) is 9.82. The van der Waals surface area contributed by atoms with Crippen LogP contribution in [0.2, 0.25) is 0 Å². The Bertz CT molecular complexity index is 3090. The fourth-order valence-electron chi connectivity index (χ4n) is 7.34. The van der Waals surface area contributed by atoms with Crippen LogP contribution in [0.3, 0.4) is 0 Å². The summed E-state index contributed by atoms with van der Waals surface area (Å²) in [5.41, 5.74) is 7.08. The average Bonchev–Trinajstić information content (AvgIpc) is 3.88. The second-order valence-electron chi connectivity index (χ2n) is 12.6. The van der Waals surface area contributed by atoms with Crippen molar-refractivity contribution in [3.63, 3.8) is 0 Å². The average molecular weight is 688 g/mol. The predicted octanol–water partition coefficient (Wildman–Crippen LogP) is 12.1. The molecular formula is C44H25N5S2. The number of nitrogens with zero attached hydrogens (tertiary/aromatic N) is 5. The van der Waals surface area contributed by atoms with Gasteiger partial charge in [0.25, 0.3) is 0 Å². The second kappa shape index (κ2) is 11.1. The van der Waals surface area contributed by atoms with Crippen LogP contribution in [0, 0.1) is 0 Å². The lowest BCUT2D eigenvalue weighted by atomic mass is 10.0. The number of fused-ring (bicyclic) bond motifs is 10. The van der Waals surface area contributed by atoms with Crippen molar-refractivity contribution in [2.45, 2.75) is 0 Å². The molecule has 5 nitrogen and oxygen atoms in total. The molecule has 0 N–H and O–H groups in total. The summed E-state index contributed by atoms with van der Waals surface area (Å²) in [6.07, 6.45) is 0. The minimum Gasteiger partial charge on any atom is -0.278 e. The molecule has 0 spiro atoms. The van der Waals surface area contributed by atoms with E-state index in [2.05, 4.69) is 126 Å². The summed E-state index contributed by atoms with van der Waals surface area (Å²) >= 11 is 3.69. The van der Waals surface area contributed by atoms with Crippen molar-refractivity contribution < 1.29 is 0 Å². The standard InChI is InChI=1S/C44H25N5S2/c1-2-12-27(13-3-1)42-46-43(48-44(47-42)49-33-18-8-4-14-29(33)30-15-5-9-19-34(30)49)28-24-22-26(23-25-28)38-37-31-16-6-10-20-35(31)50-40(37)41-39(45-38)32-17-7-11-21-36(32)51-41/h1-25H. The molecule has 0 saturated carbocycles. The molecule has 11 aromatic rings. The Hall–Kier alpha value is -6.28.